The molecule has 1 aromatic carbocycles. The number of rotatable bonds is 12. The number of allylic oxidation sites excluding steroid dienone is 4. The van der Waals surface area contributed by atoms with E-state index in [1.807, 2.05) is 20.8 Å². The summed E-state index contributed by atoms with van der Waals surface area (Å²) < 4.78 is 10.9. The average Bonchev–Trinajstić information content (AvgIpc) is 3.40. The van der Waals surface area contributed by atoms with E-state index in [9.17, 15) is 4.79 Å². The third kappa shape index (κ3) is 9.39. The number of hydrogen-bond donors (Lipinski definition) is 1. The van der Waals surface area contributed by atoms with Crippen molar-refractivity contribution in [2.75, 3.05) is 19.7 Å². The second kappa shape index (κ2) is 16.1. The molecule has 1 heterocycles. The van der Waals surface area contributed by atoms with Crippen LogP contribution in [-0.2, 0) is 16.0 Å². The van der Waals surface area contributed by atoms with E-state index in [2.05, 4.69) is 78.0 Å². The number of nitrogens with zero attached hydrogens (tertiary/aromatic N) is 2. The number of ether oxygens (including phenoxy) is 1. The predicted molar refractivity (Wildman–Crippen MR) is 171 cm³/mol. The lowest BCUT2D eigenvalue weighted by atomic mass is 9.69. The molecule has 0 aliphatic heterocycles. The van der Waals surface area contributed by atoms with Crippen molar-refractivity contribution in [1.82, 2.24) is 15.5 Å². The minimum absolute atomic E-state index is 0.155. The molecule has 0 amide bonds. The highest BCUT2D eigenvalue weighted by atomic mass is 16.5. The smallest absolute Gasteiger partial charge is 0.307 e. The summed E-state index contributed by atoms with van der Waals surface area (Å²) in [4.78, 5) is 16.5. The standard InChI is InChI=1S/C33H49N3O3.C2H6/c1-10-22(5)28-20-33(8,9)15-12-27(28)30(21(3)4)32-35-31(36-39-32)25-18-23(6)26(24(7)19-25)13-16-34-17-14-29(37)38-11-2;1-2/h18-19,22,34H,10-17,20H2,1-9H3;1-2H3. The first-order valence-electron chi connectivity index (χ1n) is 15.7. The van der Waals surface area contributed by atoms with E-state index in [1.54, 1.807) is 5.57 Å². The predicted octanol–water partition coefficient (Wildman–Crippen LogP) is 8.81. The van der Waals surface area contributed by atoms with Crippen molar-refractivity contribution in [2.45, 2.75) is 115 Å². The molecule has 3 rings (SSSR count). The summed E-state index contributed by atoms with van der Waals surface area (Å²) in [7, 11) is 0. The summed E-state index contributed by atoms with van der Waals surface area (Å²) in [5.74, 6) is 1.65. The normalized spacial score (nSPS) is 15.2. The summed E-state index contributed by atoms with van der Waals surface area (Å²) in [5, 5.41) is 7.79. The van der Waals surface area contributed by atoms with Crippen LogP contribution in [0.5, 0.6) is 0 Å². The van der Waals surface area contributed by atoms with Crippen LogP contribution in [0.25, 0.3) is 17.0 Å². The molecule has 228 valence electrons. The zero-order valence-electron chi connectivity index (χ0n) is 27.7. The Labute approximate surface area is 249 Å². The number of hydrogen-bond acceptors (Lipinski definition) is 6. The fraction of sp³-hybridized carbons (Fsp3) is 0.629. The third-order valence-electron chi connectivity index (χ3n) is 8.07. The van der Waals surface area contributed by atoms with Gasteiger partial charge in [-0.15, -0.1) is 0 Å². The Morgan fingerprint density at radius 1 is 1.12 bits per heavy atom. The lowest BCUT2D eigenvalue weighted by Crippen LogP contribution is -2.22. The zero-order valence-corrected chi connectivity index (χ0v) is 27.7. The first kappa shape index (κ1) is 34.5. The van der Waals surface area contributed by atoms with Gasteiger partial charge in [-0.05, 0) is 119 Å². The maximum absolute atomic E-state index is 11.5. The molecule has 1 N–H and O–H groups in total. The molecule has 1 aliphatic rings. The Bertz CT molecular complexity index is 1190. The van der Waals surface area contributed by atoms with Crippen molar-refractivity contribution in [3.8, 4) is 11.4 Å². The SMILES string of the molecule is CC.CCOC(=O)CCNCCc1c(C)cc(-c2noc(C(=C(C)C)C3=C(C(C)CC)CC(C)(C)CC3)n2)cc1C. The zero-order chi connectivity index (χ0) is 30.7. The van der Waals surface area contributed by atoms with E-state index in [4.69, 9.17) is 14.2 Å². The van der Waals surface area contributed by atoms with E-state index in [-0.39, 0.29) is 5.97 Å². The van der Waals surface area contributed by atoms with Crippen LogP contribution in [0.2, 0.25) is 0 Å². The van der Waals surface area contributed by atoms with E-state index >= 15 is 0 Å². The number of esters is 1. The van der Waals surface area contributed by atoms with E-state index in [0.717, 1.165) is 49.8 Å². The van der Waals surface area contributed by atoms with E-state index < -0.39 is 0 Å². The van der Waals surface area contributed by atoms with Gasteiger partial charge in [0.2, 0.25) is 5.82 Å². The Balaban J connectivity index is 0.00000287. The van der Waals surface area contributed by atoms with Gasteiger partial charge in [0.25, 0.3) is 5.89 Å². The summed E-state index contributed by atoms with van der Waals surface area (Å²) in [6.07, 6.45) is 5.75. The number of carbonyl (C=O) groups is 1. The van der Waals surface area contributed by atoms with Gasteiger partial charge in [0, 0.05) is 17.7 Å². The molecular formula is C35H55N3O3. The molecule has 0 saturated heterocycles. The maximum Gasteiger partial charge on any atom is 0.307 e. The van der Waals surface area contributed by atoms with Crippen LogP contribution in [0.1, 0.15) is 117 Å². The van der Waals surface area contributed by atoms with Crippen molar-refractivity contribution in [3.63, 3.8) is 0 Å². The Morgan fingerprint density at radius 2 is 1.78 bits per heavy atom. The van der Waals surface area contributed by atoms with Gasteiger partial charge >= 0.3 is 5.97 Å². The highest BCUT2D eigenvalue weighted by Crippen LogP contribution is 2.46. The van der Waals surface area contributed by atoms with Gasteiger partial charge in [-0.2, -0.15) is 4.98 Å². The molecule has 41 heavy (non-hydrogen) atoms. The minimum atomic E-state index is -0.155. The van der Waals surface area contributed by atoms with Crippen LogP contribution < -0.4 is 5.32 Å². The molecule has 2 aromatic rings. The van der Waals surface area contributed by atoms with E-state index in [0.29, 0.717) is 42.6 Å². The van der Waals surface area contributed by atoms with Crippen molar-refractivity contribution < 1.29 is 14.1 Å². The third-order valence-corrected chi connectivity index (χ3v) is 8.07. The first-order chi connectivity index (χ1) is 19.5. The number of nitrogens with one attached hydrogen (secondary N) is 1. The Hall–Kier alpha value is -2.73. The Morgan fingerprint density at radius 3 is 2.37 bits per heavy atom. The van der Waals surface area contributed by atoms with Crippen LogP contribution in [0.4, 0.5) is 0 Å². The highest BCUT2D eigenvalue weighted by Gasteiger charge is 2.32. The number of aromatic nitrogens is 2. The quantitative estimate of drug-likeness (QED) is 0.205. The second-order valence-corrected chi connectivity index (χ2v) is 12.1. The lowest BCUT2D eigenvalue weighted by Gasteiger charge is -2.36. The van der Waals surface area contributed by atoms with Crippen LogP contribution in [-0.4, -0.2) is 35.8 Å². The molecule has 1 aromatic heterocycles. The molecule has 1 aliphatic carbocycles. The molecule has 0 bridgehead atoms. The lowest BCUT2D eigenvalue weighted by molar-refractivity contribution is -0.142. The molecule has 1 unspecified atom stereocenters. The Kier molecular flexibility index (Phi) is 13.5. The molecule has 6 heteroatoms. The number of benzene rings is 1. The van der Waals surface area contributed by atoms with Crippen LogP contribution in [0.15, 0.2) is 33.4 Å². The fourth-order valence-corrected chi connectivity index (χ4v) is 5.70. The summed E-state index contributed by atoms with van der Waals surface area (Å²) in [6.45, 7) is 25.7. The van der Waals surface area contributed by atoms with Gasteiger partial charge < -0.3 is 14.6 Å². The van der Waals surface area contributed by atoms with E-state index in [1.165, 1.54) is 27.8 Å². The number of carbonyl (C=O) groups excluding carboxylic acids is 1. The van der Waals surface area contributed by atoms with Crippen LogP contribution in [0, 0.1) is 25.2 Å². The van der Waals surface area contributed by atoms with Gasteiger partial charge in [-0.1, -0.05) is 57.8 Å². The van der Waals surface area contributed by atoms with Crippen molar-refractivity contribution in [1.29, 1.82) is 0 Å². The van der Waals surface area contributed by atoms with Gasteiger partial charge in [0.05, 0.1) is 13.0 Å². The largest absolute Gasteiger partial charge is 0.466 e. The molecule has 0 radical (unpaired) electrons. The highest BCUT2D eigenvalue weighted by molar-refractivity contribution is 5.79. The maximum atomic E-state index is 11.5. The van der Waals surface area contributed by atoms with Gasteiger partial charge in [0.15, 0.2) is 0 Å². The monoisotopic (exact) mass is 565 g/mol. The minimum Gasteiger partial charge on any atom is -0.466 e. The molecule has 0 fully saturated rings. The van der Waals surface area contributed by atoms with Crippen LogP contribution in [0.3, 0.4) is 0 Å². The van der Waals surface area contributed by atoms with Crippen molar-refractivity contribution in [3.05, 3.63) is 51.4 Å². The topological polar surface area (TPSA) is 77.2 Å². The van der Waals surface area contributed by atoms with Crippen molar-refractivity contribution in [2.24, 2.45) is 11.3 Å². The molecule has 6 nitrogen and oxygen atoms in total. The second-order valence-electron chi connectivity index (χ2n) is 12.1. The number of aryl methyl sites for hydroxylation is 2. The molecule has 0 saturated carbocycles. The van der Waals surface area contributed by atoms with Gasteiger partial charge in [-0.3, -0.25) is 4.79 Å². The van der Waals surface area contributed by atoms with Gasteiger partial charge in [0.1, 0.15) is 0 Å². The van der Waals surface area contributed by atoms with Crippen molar-refractivity contribution >= 4 is 11.5 Å². The van der Waals surface area contributed by atoms with Crippen LogP contribution >= 0.6 is 0 Å². The first-order valence-corrected chi connectivity index (χ1v) is 15.7. The molecule has 1 atom stereocenters. The fourth-order valence-electron chi connectivity index (χ4n) is 5.70. The molecular weight excluding hydrogens is 510 g/mol. The average molecular weight is 566 g/mol. The van der Waals surface area contributed by atoms with Gasteiger partial charge in [-0.25, -0.2) is 0 Å². The summed E-state index contributed by atoms with van der Waals surface area (Å²) in [6, 6.07) is 4.31. The summed E-state index contributed by atoms with van der Waals surface area (Å²) in [5.41, 5.74) is 10.4. The summed E-state index contributed by atoms with van der Waals surface area (Å²) >= 11 is 0. The molecule has 0 spiro atoms.